The molecule has 0 spiro atoms. The van der Waals surface area contributed by atoms with Gasteiger partial charge in [0.25, 0.3) is 11.8 Å². The van der Waals surface area contributed by atoms with Crippen LogP contribution in [0.25, 0.3) is 5.65 Å². The molecule has 9 heteroatoms. The van der Waals surface area contributed by atoms with Crippen molar-refractivity contribution in [2.75, 3.05) is 38.2 Å². The number of hydrogen-bond acceptors (Lipinski definition) is 6. The van der Waals surface area contributed by atoms with Gasteiger partial charge in [0, 0.05) is 31.2 Å². The van der Waals surface area contributed by atoms with Gasteiger partial charge in [0.15, 0.2) is 12.3 Å². The van der Waals surface area contributed by atoms with E-state index < -0.39 is 0 Å². The highest BCUT2D eigenvalue weighted by molar-refractivity contribution is 6.08. The summed E-state index contributed by atoms with van der Waals surface area (Å²) in [6.07, 6.45) is 4.99. The molecule has 29 heavy (non-hydrogen) atoms. The number of anilines is 1. The maximum Gasteiger partial charge on any atom is 0.261 e. The summed E-state index contributed by atoms with van der Waals surface area (Å²) in [4.78, 5) is 30.7. The van der Waals surface area contributed by atoms with E-state index in [0.717, 1.165) is 5.56 Å². The molecule has 0 aliphatic carbocycles. The molecule has 0 atom stereocenters. The summed E-state index contributed by atoms with van der Waals surface area (Å²) in [5, 5.41) is 6.98. The summed E-state index contributed by atoms with van der Waals surface area (Å²) in [6.45, 7) is 4.17. The van der Waals surface area contributed by atoms with Crippen molar-refractivity contribution in [2.24, 2.45) is 0 Å². The Morgan fingerprint density at radius 3 is 2.69 bits per heavy atom. The normalized spacial score (nSPS) is 14.0. The molecule has 1 N–H and O–H groups in total. The second-order valence-corrected chi connectivity index (χ2v) is 6.72. The molecule has 0 bridgehead atoms. The van der Waals surface area contributed by atoms with Gasteiger partial charge in [-0.3, -0.25) is 9.59 Å². The van der Waals surface area contributed by atoms with Crippen molar-refractivity contribution in [3.8, 4) is 5.75 Å². The highest BCUT2D eigenvalue weighted by atomic mass is 16.5. The molecule has 3 heterocycles. The zero-order valence-electron chi connectivity index (χ0n) is 16.0. The van der Waals surface area contributed by atoms with E-state index in [2.05, 4.69) is 15.4 Å². The van der Waals surface area contributed by atoms with Crippen LogP contribution in [0.3, 0.4) is 0 Å². The van der Waals surface area contributed by atoms with Gasteiger partial charge in [-0.1, -0.05) is 0 Å². The maximum absolute atomic E-state index is 12.6. The van der Waals surface area contributed by atoms with Crippen LogP contribution < -0.4 is 10.1 Å². The molecule has 2 aromatic heterocycles. The van der Waals surface area contributed by atoms with Gasteiger partial charge in [-0.2, -0.15) is 5.10 Å². The van der Waals surface area contributed by atoms with Gasteiger partial charge in [-0.15, -0.1) is 0 Å². The average Bonchev–Trinajstić information content (AvgIpc) is 3.17. The van der Waals surface area contributed by atoms with Crippen LogP contribution in [0.5, 0.6) is 5.75 Å². The molecular weight excluding hydrogens is 374 g/mol. The van der Waals surface area contributed by atoms with Gasteiger partial charge in [-0.05, 0) is 36.8 Å². The van der Waals surface area contributed by atoms with Gasteiger partial charge < -0.3 is 19.7 Å². The number of nitrogens with zero attached hydrogens (tertiary/aromatic N) is 4. The number of carbonyl (C=O) groups excluding carboxylic acids is 2. The number of aromatic nitrogens is 3. The topological polar surface area (TPSA) is 98.1 Å². The fourth-order valence-corrected chi connectivity index (χ4v) is 3.01. The second kappa shape index (κ2) is 8.27. The van der Waals surface area contributed by atoms with Crippen molar-refractivity contribution < 1.29 is 19.1 Å². The fraction of sp³-hybridized carbons (Fsp3) is 0.300. The van der Waals surface area contributed by atoms with Crippen molar-refractivity contribution in [1.82, 2.24) is 19.5 Å². The van der Waals surface area contributed by atoms with Crippen molar-refractivity contribution in [3.05, 3.63) is 54.0 Å². The van der Waals surface area contributed by atoms with Crippen LogP contribution in [0.1, 0.15) is 15.9 Å². The number of morpholine rings is 1. The zero-order valence-corrected chi connectivity index (χ0v) is 16.0. The number of hydrogen-bond donors (Lipinski definition) is 1. The molecule has 1 aliphatic heterocycles. The smallest absolute Gasteiger partial charge is 0.261 e. The number of amides is 2. The van der Waals surface area contributed by atoms with E-state index in [0.29, 0.717) is 49.0 Å². The number of nitrogens with one attached hydrogen (secondary N) is 1. The minimum absolute atomic E-state index is 0.0286. The van der Waals surface area contributed by atoms with Gasteiger partial charge in [0.05, 0.1) is 19.4 Å². The minimum atomic E-state index is -0.299. The minimum Gasteiger partial charge on any atom is -0.484 e. The van der Waals surface area contributed by atoms with E-state index in [1.54, 1.807) is 39.9 Å². The Morgan fingerprint density at radius 1 is 1.17 bits per heavy atom. The predicted octanol–water partition coefficient (Wildman–Crippen LogP) is 1.53. The van der Waals surface area contributed by atoms with Gasteiger partial charge in [0.1, 0.15) is 11.3 Å². The van der Waals surface area contributed by atoms with Gasteiger partial charge in [-0.25, -0.2) is 9.50 Å². The molecule has 2 amide bonds. The Labute approximate surface area is 167 Å². The van der Waals surface area contributed by atoms with Crippen LogP contribution in [0.2, 0.25) is 0 Å². The van der Waals surface area contributed by atoms with Gasteiger partial charge in [0.2, 0.25) is 0 Å². The largest absolute Gasteiger partial charge is 0.484 e. The first-order valence-corrected chi connectivity index (χ1v) is 9.30. The van der Waals surface area contributed by atoms with Crippen LogP contribution >= 0.6 is 0 Å². The van der Waals surface area contributed by atoms with Crippen molar-refractivity contribution in [2.45, 2.75) is 6.92 Å². The average molecular weight is 395 g/mol. The molecule has 0 radical (unpaired) electrons. The van der Waals surface area contributed by atoms with Crippen molar-refractivity contribution >= 4 is 23.1 Å². The number of benzene rings is 1. The van der Waals surface area contributed by atoms with E-state index in [1.807, 2.05) is 13.1 Å². The summed E-state index contributed by atoms with van der Waals surface area (Å²) in [6, 6.07) is 6.85. The molecule has 1 fully saturated rings. The zero-order chi connectivity index (χ0) is 20.2. The lowest BCUT2D eigenvalue weighted by Gasteiger charge is -2.26. The van der Waals surface area contributed by atoms with Crippen molar-refractivity contribution in [3.63, 3.8) is 0 Å². The highest BCUT2D eigenvalue weighted by Gasteiger charge is 2.17. The molecule has 3 aromatic rings. The Bertz CT molecular complexity index is 1030. The number of ether oxygens (including phenoxy) is 2. The fourth-order valence-electron chi connectivity index (χ4n) is 3.01. The monoisotopic (exact) mass is 395 g/mol. The molecule has 9 nitrogen and oxygen atoms in total. The molecule has 150 valence electrons. The lowest BCUT2D eigenvalue weighted by atomic mass is 10.2. The molecule has 1 saturated heterocycles. The SMILES string of the molecule is Cc1cnc2c(C(=O)Nc3ccc(OCC(=O)N4CCOCC4)cc3)cnn2c1. The highest BCUT2D eigenvalue weighted by Crippen LogP contribution is 2.18. The third-order valence-electron chi connectivity index (χ3n) is 4.57. The lowest BCUT2D eigenvalue weighted by molar-refractivity contribution is -0.137. The summed E-state index contributed by atoms with van der Waals surface area (Å²) < 4.78 is 12.4. The third kappa shape index (κ3) is 4.35. The van der Waals surface area contributed by atoms with Crippen molar-refractivity contribution in [1.29, 1.82) is 0 Å². The summed E-state index contributed by atoms with van der Waals surface area (Å²) in [5.74, 6) is 0.187. The summed E-state index contributed by atoms with van der Waals surface area (Å²) in [7, 11) is 0. The molecular formula is C20H21N5O4. The first-order valence-electron chi connectivity index (χ1n) is 9.30. The molecule has 0 unspecified atom stereocenters. The predicted molar refractivity (Wildman–Crippen MR) is 105 cm³/mol. The molecule has 1 aliphatic rings. The lowest BCUT2D eigenvalue weighted by Crippen LogP contribution is -2.42. The van der Waals surface area contributed by atoms with Crippen LogP contribution in [-0.4, -0.2) is 64.2 Å². The number of carbonyl (C=O) groups is 2. The Hall–Kier alpha value is -3.46. The Morgan fingerprint density at radius 2 is 1.93 bits per heavy atom. The Balaban J connectivity index is 1.35. The summed E-state index contributed by atoms with van der Waals surface area (Å²) in [5.41, 5.74) is 2.44. The van der Waals surface area contributed by atoms with Crippen LogP contribution in [0.15, 0.2) is 42.9 Å². The van der Waals surface area contributed by atoms with E-state index in [-0.39, 0.29) is 18.4 Å². The molecule has 0 saturated carbocycles. The summed E-state index contributed by atoms with van der Waals surface area (Å²) >= 11 is 0. The first-order chi connectivity index (χ1) is 14.1. The van der Waals surface area contributed by atoms with Gasteiger partial charge >= 0.3 is 0 Å². The van der Waals surface area contributed by atoms with E-state index in [4.69, 9.17) is 9.47 Å². The quantitative estimate of drug-likeness (QED) is 0.704. The third-order valence-corrected chi connectivity index (χ3v) is 4.57. The van der Waals surface area contributed by atoms with Crippen LogP contribution in [0.4, 0.5) is 5.69 Å². The first kappa shape index (κ1) is 18.9. The maximum atomic E-state index is 12.6. The van der Waals surface area contributed by atoms with E-state index in [9.17, 15) is 9.59 Å². The van der Waals surface area contributed by atoms with E-state index >= 15 is 0 Å². The number of aryl methyl sites for hydroxylation is 1. The standard InChI is InChI=1S/C20H21N5O4/c1-14-10-21-19-17(11-22-25(19)12-14)20(27)23-15-2-4-16(5-3-15)29-13-18(26)24-6-8-28-9-7-24/h2-5,10-12H,6-9,13H2,1H3,(H,23,27). The number of fused-ring (bicyclic) bond motifs is 1. The van der Waals surface area contributed by atoms with Crippen LogP contribution in [-0.2, 0) is 9.53 Å². The van der Waals surface area contributed by atoms with Crippen LogP contribution in [0, 0.1) is 6.92 Å². The molecule has 1 aromatic carbocycles. The van der Waals surface area contributed by atoms with E-state index in [1.165, 1.54) is 6.20 Å². The molecule has 4 rings (SSSR count). The number of rotatable bonds is 5. The Kier molecular flexibility index (Phi) is 5.39. The second-order valence-electron chi connectivity index (χ2n) is 6.72.